The van der Waals surface area contributed by atoms with Gasteiger partial charge in [0.25, 0.3) is 0 Å². The molecule has 2 rings (SSSR count). The number of nitrogens with one attached hydrogen (secondary N) is 2. The minimum absolute atomic E-state index is 0.123. The van der Waals surface area contributed by atoms with Gasteiger partial charge in [0.05, 0.1) is 6.04 Å². The summed E-state index contributed by atoms with van der Waals surface area (Å²) in [6.45, 7) is 4.35. The maximum atomic E-state index is 12.3. The number of phenolic OH excluding ortho intramolecular Hbond substituents is 1. The van der Waals surface area contributed by atoms with Crippen LogP contribution in [0.5, 0.6) is 5.75 Å². The number of nitrogens with zero attached hydrogens (tertiary/aromatic N) is 1. The lowest BCUT2D eigenvalue weighted by atomic mass is 10.0. The molecule has 0 aliphatic rings. The summed E-state index contributed by atoms with van der Waals surface area (Å²) in [5.74, 6) is 0.256. The smallest absolute Gasteiger partial charge is 0.315 e. The molecule has 144 valence electrons. The Kier molecular flexibility index (Phi) is 7.89. The van der Waals surface area contributed by atoms with Crippen LogP contribution in [0.2, 0.25) is 0 Å². The number of urea groups is 1. The molecule has 0 unspecified atom stereocenters. The first-order valence-corrected chi connectivity index (χ1v) is 9.13. The number of hydrogen-bond acceptors (Lipinski definition) is 3. The molecular weight excluding hydrogens is 338 g/mol. The van der Waals surface area contributed by atoms with Crippen molar-refractivity contribution in [1.29, 1.82) is 0 Å². The zero-order valence-corrected chi connectivity index (χ0v) is 16.1. The molecule has 2 amide bonds. The average molecular weight is 367 g/mol. The highest BCUT2D eigenvalue weighted by atomic mass is 16.3. The third-order valence-corrected chi connectivity index (χ3v) is 4.54. The number of carbonyl (C=O) groups excluding carboxylic acids is 1. The lowest BCUT2D eigenvalue weighted by Gasteiger charge is -2.25. The Morgan fingerprint density at radius 1 is 1.07 bits per heavy atom. The summed E-state index contributed by atoms with van der Waals surface area (Å²) in [7, 11) is 3.99. The summed E-state index contributed by atoms with van der Waals surface area (Å²) in [4.78, 5) is 14.4. The van der Waals surface area contributed by atoms with E-state index in [0.29, 0.717) is 13.0 Å². The van der Waals surface area contributed by atoms with E-state index >= 15 is 0 Å². The van der Waals surface area contributed by atoms with Crippen LogP contribution in [0.4, 0.5) is 4.79 Å². The lowest BCUT2D eigenvalue weighted by molar-refractivity contribution is 0.230. The second kappa shape index (κ2) is 10.4. The molecule has 0 heterocycles. The van der Waals surface area contributed by atoms with Crippen LogP contribution in [0.15, 0.2) is 67.3 Å². The fourth-order valence-corrected chi connectivity index (χ4v) is 2.83. The molecule has 2 aromatic carbocycles. The number of likely N-dealkylation sites (N-methyl/N-ethyl adjacent to an activating group) is 1. The molecule has 0 spiro atoms. The number of benzene rings is 2. The zero-order chi connectivity index (χ0) is 19.6. The van der Waals surface area contributed by atoms with Crippen molar-refractivity contribution >= 4 is 6.03 Å². The zero-order valence-electron chi connectivity index (χ0n) is 16.1. The minimum atomic E-state index is -0.201. The molecule has 27 heavy (non-hydrogen) atoms. The number of hydrogen-bond donors (Lipinski definition) is 3. The molecule has 5 nitrogen and oxygen atoms in total. The van der Waals surface area contributed by atoms with E-state index in [0.717, 1.165) is 17.5 Å². The number of amides is 2. The standard InChI is InChI=1S/C22H29N3O2/c1-4-19(14-17-8-6-5-7-9-17)24-22(27)23-16-20(25(2)3)15-18-10-12-21(26)13-11-18/h4-13,19-20,26H,1,14-16H2,2-3H3,(H2,23,24,27)/t19-,20+/m1/s1. The quantitative estimate of drug-likeness (QED) is 0.597. The van der Waals surface area contributed by atoms with Crippen molar-refractivity contribution in [1.82, 2.24) is 15.5 Å². The molecule has 0 aromatic heterocycles. The van der Waals surface area contributed by atoms with Crippen molar-refractivity contribution in [3.8, 4) is 5.75 Å². The fourth-order valence-electron chi connectivity index (χ4n) is 2.83. The Morgan fingerprint density at radius 2 is 1.70 bits per heavy atom. The van der Waals surface area contributed by atoms with Gasteiger partial charge in [0.15, 0.2) is 0 Å². The molecule has 2 aromatic rings. The Labute approximate surface area is 161 Å². The van der Waals surface area contributed by atoms with E-state index in [2.05, 4.69) is 22.1 Å². The van der Waals surface area contributed by atoms with Crippen molar-refractivity contribution in [2.75, 3.05) is 20.6 Å². The normalized spacial score (nSPS) is 13.0. The van der Waals surface area contributed by atoms with Gasteiger partial charge in [-0.2, -0.15) is 0 Å². The van der Waals surface area contributed by atoms with Gasteiger partial charge in [-0.05, 0) is 50.2 Å². The maximum absolute atomic E-state index is 12.3. The molecule has 0 aliphatic heterocycles. The number of aromatic hydroxyl groups is 1. The van der Waals surface area contributed by atoms with Gasteiger partial charge >= 0.3 is 6.03 Å². The molecule has 2 atom stereocenters. The van der Waals surface area contributed by atoms with Crippen molar-refractivity contribution < 1.29 is 9.90 Å². The highest BCUT2D eigenvalue weighted by molar-refractivity contribution is 5.74. The van der Waals surface area contributed by atoms with E-state index in [1.807, 2.05) is 56.6 Å². The van der Waals surface area contributed by atoms with Crippen molar-refractivity contribution in [2.45, 2.75) is 24.9 Å². The largest absolute Gasteiger partial charge is 0.508 e. The Bertz CT molecular complexity index is 714. The molecule has 0 bridgehead atoms. The van der Waals surface area contributed by atoms with Crippen molar-refractivity contribution in [3.05, 3.63) is 78.4 Å². The molecule has 0 aliphatic carbocycles. The minimum Gasteiger partial charge on any atom is -0.508 e. The predicted molar refractivity (Wildman–Crippen MR) is 110 cm³/mol. The van der Waals surface area contributed by atoms with Gasteiger partial charge in [-0.15, -0.1) is 6.58 Å². The van der Waals surface area contributed by atoms with Crippen LogP contribution in [-0.4, -0.2) is 48.8 Å². The summed E-state index contributed by atoms with van der Waals surface area (Å²) in [6.07, 6.45) is 3.25. The summed E-state index contributed by atoms with van der Waals surface area (Å²) >= 11 is 0. The summed E-state index contributed by atoms with van der Waals surface area (Å²) < 4.78 is 0. The molecule has 0 fully saturated rings. The second-order valence-electron chi connectivity index (χ2n) is 6.87. The second-order valence-corrected chi connectivity index (χ2v) is 6.87. The van der Waals surface area contributed by atoms with Crippen LogP contribution < -0.4 is 10.6 Å². The third kappa shape index (κ3) is 7.15. The Hall–Kier alpha value is -2.79. The van der Waals surface area contributed by atoms with Crippen LogP contribution in [0.3, 0.4) is 0 Å². The first-order valence-electron chi connectivity index (χ1n) is 9.13. The number of phenols is 1. The molecule has 5 heteroatoms. The molecule has 3 N–H and O–H groups in total. The number of carbonyl (C=O) groups is 1. The van der Waals surface area contributed by atoms with E-state index in [9.17, 15) is 9.90 Å². The maximum Gasteiger partial charge on any atom is 0.315 e. The van der Waals surface area contributed by atoms with Gasteiger partial charge < -0.3 is 20.6 Å². The Morgan fingerprint density at radius 3 is 2.30 bits per heavy atom. The van der Waals surface area contributed by atoms with Gasteiger partial charge in [0, 0.05) is 12.6 Å². The monoisotopic (exact) mass is 367 g/mol. The van der Waals surface area contributed by atoms with Crippen LogP contribution in [0, 0.1) is 0 Å². The highest BCUT2D eigenvalue weighted by Gasteiger charge is 2.15. The van der Waals surface area contributed by atoms with E-state index in [1.165, 1.54) is 0 Å². The van der Waals surface area contributed by atoms with Crippen molar-refractivity contribution in [2.24, 2.45) is 0 Å². The van der Waals surface area contributed by atoms with Gasteiger partial charge in [0.1, 0.15) is 5.75 Å². The van der Waals surface area contributed by atoms with Crippen LogP contribution in [0.1, 0.15) is 11.1 Å². The van der Waals surface area contributed by atoms with E-state index < -0.39 is 0 Å². The van der Waals surface area contributed by atoms with Gasteiger partial charge in [0.2, 0.25) is 0 Å². The predicted octanol–water partition coefficient (Wildman–Crippen LogP) is 2.96. The van der Waals surface area contributed by atoms with E-state index in [-0.39, 0.29) is 23.9 Å². The summed E-state index contributed by atoms with van der Waals surface area (Å²) in [5, 5.41) is 15.3. The number of rotatable bonds is 9. The first-order chi connectivity index (χ1) is 13.0. The fraction of sp³-hybridized carbons (Fsp3) is 0.318. The topological polar surface area (TPSA) is 64.6 Å². The van der Waals surface area contributed by atoms with E-state index in [1.54, 1.807) is 18.2 Å². The molecule has 0 radical (unpaired) electrons. The molecular formula is C22H29N3O2. The van der Waals surface area contributed by atoms with Crippen LogP contribution in [0.25, 0.3) is 0 Å². The van der Waals surface area contributed by atoms with Crippen LogP contribution >= 0.6 is 0 Å². The third-order valence-electron chi connectivity index (χ3n) is 4.54. The lowest BCUT2D eigenvalue weighted by Crippen LogP contribution is -2.47. The van der Waals surface area contributed by atoms with E-state index in [4.69, 9.17) is 0 Å². The van der Waals surface area contributed by atoms with Gasteiger partial charge in [-0.3, -0.25) is 0 Å². The van der Waals surface area contributed by atoms with Gasteiger partial charge in [-0.25, -0.2) is 4.79 Å². The Balaban J connectivity index is 1.85. The van der Waals surface area contributed by atoms with Gasteiger partial charge in [-0.1, -0.05) is 48.5 Å². The highest BCUT2D eigenvalue weighted by Crippen LogP contribution is 2.12. The SMILES string of the molecule is C=C[C@H](Cc1ccccc1)NC(=O)NC[C@H](Cc1ccc(O)cc1)N(C)C. The summed E-state index contributed by atoms with van der Waals surface area (Å²) in [6, 6.07) is 17.0. The van der Waals surface area contributed by atoms with Crippen LogP contribution in [-0.2, 0) is 12.8 Å². The average Bonchev–Trinajstić information content (AvgIpc) is 2.66. The molecule has 0 saturated heterocycles. The summed E-state index contributed by atoms with van der Waals surface area (Å²) in [5.41, 5.74) is 2.27. The van der Waals surface area contributed by atoms with Crippen molar-refractivity contribution in [3.63, 3.8) is 0 Å². The molecule has 0 saturated carbocycles. The first kappa shape index (κ1) is 20.5.